The molecule has 0 atom stereocenters. The van der Waals surface area contributed by atoms with Crippen LogP contribution in [0, 0.1) is 5.82 Å². The lowest BCUT2D eigenvalue weighted by molar-refractivity contribution is 0.219. The average molecular weight is 207 g/mol. The largest absolute Gasteiger partial charge is 0.337 e. The van der Waals surface area contributed by atoms with Crippen LogP contribution in [-0.4, -0.2) is 30.3 Å². The molecule has 1 fully saturated rings. The van der Waals surface area contributed by atoms with Gasteiger partial charge < -0.3 is 5.32 Å². The molecule has 1 N–H and O–H groups in total. The van der Waals surface area contributed by atoms with Crippen LogP contribution in [0.15, 0.2) is 29.4 Å². The normalized spacial score (nSPS) is 16.1. The number of carbonyl (C=O) groups is 1. The summed E-state index contributed by atoms with van der Waals surface area (Å²) in [5.74, 6) is -0.286. The standard InChI is InChI=1S/C10H10FN3O/c11-9-3-1-8(2-4-9)7-13-14-6-5-12-10(14)15/h1-4,7H,5-6H2,(H,12,15). The van der Waals surface area contributed by atoms with Gasteiger partial charge in [0.05, 0.1) is 12.8 Å². The zero-order valence-electron chi connectivity index (χ0n) is 7.98. The highest BCUT2D eigenvalue weighted by molar-refractivity contribution is 5.82. The van der Waals surface area contributed by atoms with E-state index in [1.54, 1.807) is 12.1 Å². The van der Waals surface area contributed by atoms with Crippen molar-refractivity contribution in [3.05, 3.63) is 35.6 Å². The average Bonchev–Trinajstić information content (AvgIpc) is 2.63. The highest BCUT2D eigenvalue weighted by Crippen LogP contribution is 2.02. The molecule has 1 aromatic carbocycles. The Morgan fingerprint density at radius 2 is 2.13 bits per heavy atom. The molecule has 1 aliphatic heterocycles. The second-order valence-corrected chi connectivity index (χ2v) is 3.15. The summed E-state index contributed by atoms with van der Waals surface area (Å²) in [6.07, 6.45) is 1.53. The van der Waals surface area contributed by atoms with E-state index in [4.69, 9.17) is 0 Å². The number of nitrogens with zero attached hydrogens (tertiary/aromatic N) is 2. The van der Waals surface area contributed by atoms with E-state index in [2.05, 4.69) is 10.4 Å². The van der Waals surface area contributed by atoms with E-state index in [-0.39, 0.29) is 11.8 Å². The second-order valence-electron chi connectivity index (χ2n) is 3.15. The Kier molecular flexibility index (Phi) is 2.62. The molecule has 1 aromatic rings. The highest BCUT2D eigenvalue weighted by Gasteiger charge is 2.17. The molecule has 78 valence electrons. The zero-order valence-corrected chi connectivity index (χ0v) is 7.98. The summed E-state index contributed by atoms with van der Waals surface area (Å²) in [5, 5.41) is 7.94. The molecule has 0 aromatic heterocycles. The molecular weight excluding hydrogens is 197 g/mol. The molecule has 0 radical (unpaired) electrons. The first-order valence-corrected chi connectivity index (χ1v) is 4.60. The number of halogens is 1. The summed E-state index contributed by atoms with van der Waals surface area (Å²) in [6, 6.07) is 5.71. The molecular formula is C10H10FN3O. The number of nitrogens with one attached hydrogen (secondary N) is 1. The van der Waals surface area contributed by atoms with Crippen molar-refractivity contribution in [2.24, 2.45) is 5.10 Å². The SMILES string of the molecule is O=C1NCCN1N=Cc1ccc(F)cc1. The Morgan fingerprint density at radius 1 is 1.40 bits per heavy atom. The highest BCUT2D eigenvalue weighted by atomic mass is 19.1. The molecule has 2 amide bonds. The van der Waals surface area contributed by atoms with Crippen molar-refractivity contribution in [2.45, 2.75) is 0 Å². The molecule has 0 saturated carbocycles. The number of hydrazone groups is 1. The quantitative estimate of drug-likeness (QED) is 0.727. The van der Waals surface area contributed by atoms with Gasteiger partial charge in [-0.15, -0.1) is 0 Å². The molecule has 5 heteroatoms. The van der Waals surface area contributed by atoms with E-state index in [0.717, 1.165) is 5.56 Å². The molecule has 4 nitrogen and oxygen atoms in total. The van der Waals surface area contributed by atoms with E-state index in [9.17, 15) is 9.18 Å². The Morgan fingerprint density at radius 3 is 2.73 bits per heavy atom. The van der Waals surface area contributed by atoms with Gasteiger partial charge in [0.2, 0.25) is 0 Å². The molecule has 0 spiro atoms. The lowest BCUT2D eigenvalue weighted by atomic mass is 10.2. The first-order valence-electron chi connectivity index (χ1n) is 4.60. The van der Waals surface area contributed by atoms with Crippen LogP contribution in [0.25, 0.3) is 0 Å². The van der Waals surface area contributed by atoms with Gasteiger partial charge in [0.25, 0.3) is 0 Å². The van der Waals surface area contributed by atoms with Crippen molar-refractivity contribution in [3.8, 4) is 0 Å². The third kappa shape index (κ3) is 2.31. The topological polar surface area (TPSA) is 44.7 Å². The van der Waals surface area contributed by atoms with E-state index in [0.29, 0.717) is 13.1 Å². The summed E-state index contributed by atoms with van der Waals surface area (Å²) in [5.41, 5.74) is 0.760. The fourth-order valence-corrected chi connectivity index (χ4v) is 1.26. The van der Waals surface area contributed by atoms with Gasteiger partial charge >= 0.3 is 6.03 Å². The minimum atomic E-state index is -0.286. The molecule has 0 bridgehead atoms. The van der Waals surface area contributed by atoms with Crippen molar-refractivity contribution < 1.29 is 9.18 Å². The monoisotopic (exact) mass is 207 g/mol. The summed E-state index contributed by atoms with van der Waals surface area (Å²) >= 11 is 0. The number of carbonyl (C=O) groups excluding carboxylic acids is 1. The van der Waals surface area contributed by atoms with Crippen molar-refractivity contribution in [1.82, 2.24) is 10.3 Å². The number of urea groups is 1. The molecule has 2 rings (SSSR count). The van der Waals surface area contributed by atoms with Crippen LogP contribution in [-0.2, 0) is 0 Å². The molecule has 0 aliphatic carbocycles. The first kappa shape index (κ1) is 9.64. The van der Waals surface area contributed by atoms with Crippen molar-refractivity contribution in [2.75, 3.05) is 13.1 Å². The van der Waals surface area contributed by atoms with Crippen LogP contribution in [0.1, 0.15) is 5.56 Å². The van der Waals surface area contributed by atoms with Gasteiger partial charge in [-0.1, -0.05) is 12.1 Å². The molecule has 1 aliphatic rings. The van der Waals surface area contributed by atoms with E-state index >= 15 is 0 Å². The molecule has 0 unspecified atom stereocenters. The predicted octanol–water partition coefficient (Wildman–Crippen LogP) is 1.18. The predicted molar refractivity (Wildman–Crippen MR) is 54.1 cm³/mol. The summed E-state index contributed by atoms with van der Waals surface area (Å²) in [4.78, 5) is 11.1. The minimum Gasteiger partial charge on any atom is -0.335 e. The Balaban J connectivity index is 2.04. The maximum Gasteiger partial charge on any atom is 0.337 e. The Labute approximate surface area is 86.4 Å². The number of rotatable bonds is 2. The van der Waals surface area contributed by atoms with Gasteiger partial charge in [-0.05, 0) is 17.7 Å². The van der Waals surface area contributed by atoms with Gasteiger partial charge in [0.1, 0.15) is 5.82 Å². The van der Waals surface area contributed by atoms with Crippen LogP contribution >= 0.6 is 0 Å². The number of hydrogen-bond donors (Lipinski definition) is 1. The fourth-order valence-electron chi connectivity index (χ4n) is 1.26. The van der Waals surface area contributed by atoms with Crippen molar-refractivity contribution >= 4 is 12.2 Å². The van der Waals surface area contributed by atoms with Crippen LogP contribution in [0.4, 0.5) is 9.18 Å². The molecule has 15 heavy (non-hydrogen) atoms. The van der Waals surface area contributed by atoms with Gasteiger partial charge in [0.15, 0.2) is 0 Å². The lowest BCUT2D eigenvalue weighted by Crippen LogP contribution is -2.23. The third-order valence-electron chi connectivity index (χ3n) is 2.05. The second kappa shape index (κ2) is 4.08. The van der Waals surface area contributed by atoms with Gasteiger partial charge in [-0.3, -0.25) is 0 Å². The summed E-state index contributed by atoms with van der Waals surface area (Å²) in [6.45, 7) is 1.18. The van der Waals surface area contributed by atoms with Crippen LogP contribution in [0.2, 0.25) is 0 Å². The maximum atomic E-state index is 12.6. The van der Waals surface area contributed by atoms with Gasteiger partial charge in [-0.25, -0.2) is 14.2 Å². The minimum absolute atomic E-state index is 0.201. The maximum absolute atomic E-state index is 12.6. The number of benzene rings is 1. The van der Waals surface area contributed by atoms with Crippen LogP contribution in [0.3, 0.4) is 0 Å². The van der Waals surface area contributed by atoms with E-state index in [1.807, 2.05) is 0 Å². The first-order chi connectivity index (χ1) is 7.25. The van der Waals surface area contributed by atoms with Gasteiger partial charge in [-0.2, -0.15) is 5.10 Å². The summed E-state index contributed by atoms with van der Waals surface area (Å²) in [7, 11) is 0. The molecule has 1 heterocycles. The van der Waals surface area contributed by atoms with Crippen molar-refractivity contribution in [1.29, 1.82) is 0 Å². The summed E-state index contributed by atoms with van der Waals surface area (Å²) < 4.78 is 12.6. The van der Waals surface area contributed by atoms with E-state index in [1.165, 1.54) is 23.4 Å². The smallest absolute Gasteiger partial charge is 0.335 e. The third-order valence-corrected chi connectivity index (χ3v) is 2.05. The van der Waals surface area contributed by atoms with Crippen molar-refractivity contribution in [3.63, 3.8) is 0 Å². The zero-order chi connectivity index (χ0) is 10.7. The number of hydrogen-bond acceptors (Lipinski definition) is 2. The van der Waals surface area contributed by atoms with Gasteiger partial charge in [0, 0.05) is 6.54 Å². The Hall–Kier alpha value is -1.91. The fraction of sp³-hybridized carbons (Fsp3) is 0.200. The van der Waals surface area contributed by atoms with Crippen LogP contribution < -0.4 is 5.32 Å². The Bertz CT molecular complexity index is 388. The molecule has 1 saturated heterocycles. The lowest BCUT2D eigenvalue weighted by Gasteiger charge is -2.04. The van der Waals surface area contributed by atoms with E-state index < -0.39 is 0 Å². The number of amides is 2. The van der Waals surface area contributed by atoms with Crippen LogP contribution in [0.5, 0.6) is 0 Å².